The molecular formula is C48H87NO5. The number of carbonyl (C=O) groups is 2. The number of carbonyl (C=O) groups excluding carboxylic acids is 2. The van der Waals surface area contributed by atoms with Gasteiger partial charge in [-0.2, -0.15) is 0 Å². The average Bonchev–Trinajstić information content (AvgIpc) is 3.16. The Morgan fingerprint density at radius 2 is 1.00 bits per heavy atom. The van der Waals surface area contributed by atoms with Crippen LogP contribution < -0.4 is 5.32 Å². The first kappa shape index (κ1) is 51.8. The van der Waals surface area contributed by atoms with Gasteiger partial charge in [0.25, 0.3) is 0 Å². The molecule has 0 aliphatic carbocycles. The lowest BCUT2D eigenvalue weighted by Gasteiger charge is -2.24. The quantitative estimate of drug-likeness (QED) is 0.0329. The normalized spacial score (nSPS) is 13.8. The Morgan fingerprint density at radius 1 is 0.556 bits per heavy atom. The minimum Gasteiger partial charge on any atom is -0.462 e. The number of ether oxygens (including phenoxy) is 1. The zero-order valence-corrected chi connectivity index (χ0v) is 35.6. The van der Waals surface area contributed by atoms with Crippen molar-refractivity contribution in [2.75, 3.05) is 6.61 Å². The number of aliphatic hydroxyl groups excluding tert-OH is 2. The summed E-state index contributed by atoms with van der Waals surface area (Å²) >= 11 is 0. The summed E-state index contributed by atoms with van der Waals surface area (Å²) in [5, 5.41) is 23.6. The van der Waals surface area contributed by atoms with Crippen LogP contribution in [0.2, 0.25) is 0 Å². The summed E-state index contributed by atoms with van der Waals surface area (Å²) in [5.41, 5.74) is 0. The van der Waals surface area contributed by atoms with Crippen molar-refractivity contribution in [3.63, 3.8) is 0 Å². The van der Waals surface area contributed by atoms with E-state index in [2.05, 4.69) is 50.4 Å². The first-order chi connectivity index (χ1) is 26.5. The second kappa shape index (κ2) is 42.0. The average molecular weight is 758 g/mol. The third-order valence-corrected chi connectivity index (χ3v) is 10.3. The maximum atomic E-state index is 13.1. The smallest absolute Gasteiger partial charge is 0.306 e. The minimum absolute atomic E-state index is 0.0529. The molecule has 1 amide bonds. The summed E-state index contributed by atoms with van der Waals surface area (Å²) in [6.45, 7) is 6.30. The summed E-state index contributed by atoms with van der Waals surface area (Å²) in [5.74, 6) is -0.513. The number of aliphatic hydroxyl groups is 2. The lowest BCUT2D eigenvalue weighted by atomic mass is 10.0. The predicted octanol–water partition coefficient (Wildman–Crippen LogP) is 13.1. The Bertz CT molecular complexity index is 941. The van der Waals surface area contributed by atoms with E-state index in [-0.39, 0.29) is 24.9 Å². The second-order valence-corrected chi connectivity index (χ2v) is 15.5. The molecule has 3 atom stereocenters. The summed E-state index contributed by atoms with van der Waals surface area (Å²) in [6.07, 6.45) is 48.8. The monoisotopic (exact) mass is 758 g/mol. The number of nitrogens with one attached hydrogen (secondary N) is 1. The Balaban J connectivity index is 4.67. The molecule has 0 fully saturated rings. The van der Waals surface area contributed by atoms with E-state index in [4.69, 9.17) is 4.74 Å². The van der Waals surface area contributed by atoms with E-state index >= 15 is 0 Å². The van der Waals surface area contributed by atoms with E-state index in [9.17, 15) is 19.8 Å². The van der Waals surface area contributed by atoms with Crippen LogP contribution in [0.15, 0.2) is 48.6 Å². The van der Waals surface area contributed by atoms with Gasteiger partial charge >= 0.3 is 5.97 Å². The molecule has 6 heteroatoms. The molecule has 0 aromatic rings. The van der Waals surface area contributed by atoms with E-state index in [1.54, 1.807) is 0 Å². The number of allylic oxidation sites excluding steroid dienone is 8. The molecule has 314 valence electrons. The van der Waals surface area contributed by atoms with Crippen molar-refractivity contribution in [2.24, 2.45) is 0 Å². The zero-order chi connectivity index (χ0) is 39.6. The van der Waals surface area contributed by atoms with Crippen LogP contribution in [0.25, 0.3) is 0 Å². The van der Waals surface area contributed by atoms with Gasteiger partial charge in [0.05, 0.1) is 25.2 Å². The number of rotatable bonds is 40. The summed E-state index contributed by atoms with van der Waals surface area (Å²) in [7, 11) is 0. The summed E-state index contributed by atoms with van der Waals surface area (Å²) in [6, 6.07) is -0.711. The number of amides is 1. The highest BCUT2D eigenvalue weighted by atomic mass is 16.5. The lowest BCUT2D eigenvalue weighted by Crippen LogP contribution is -2.46. The maximum absolute atomic E-state index is 13.1. The molecule has 0 radical (unpaired) electrons. The van der Waals surface area contributed by atoms with Gasteiger partial charge in [0.2, 0.25) is 5.91 Å². The fourth-order valence-corrected chi connectivity index (χ4v) is 6.79. The first-order valence-electron chi connectivity index (χ1n) is 22.9. The molecule has 0 heterocycles. The molecule has 3 N–H and O–H groups in total. The fourth-order valence-electron chi connectivity index (χ4n) is 6.79. The minimum atomic E-state index is -0.795. The largest absolute Gasteiger partial charge is 0.462 e. The zero-order valence-electron chi connectivity index (χ0n) is 35.6. The fraction of sp³-hybridized carbons (Fsp3) is 0.792. The molecule has 54 heavy (non-hydrogen) atoms. The molecule has 6 nitrogen and oxygen atoms in total. The SMILES string of the molecule is CC/C=C/C=C/C=C/C=C\CCCCCC(CC(=O)NC(CO)C(O)CCCCCCCCCCCCC)OC(=O)CCCCCCCCCCCCC. The van der Waals surface area contributed by atoms with Gasteiger partial charge in [-0.05, 0) is 44.9 Å². The maximum Gasteiger partial charge on any atom is 0.306 e. The highest BCUT2D eigenvalue weighted by molar-refractivity contribution is 5.77. The number of hydrogen-bond donors (Lipinski definition) is 3. The highest BCUT2D eigenvalue weighted by Crippen LogP contribution is 2.17. The van der Waals surface area contributed by atoms with Crippen LogP contribution in [0.4, 0.5) is 0 Å². The first-order valence-corrected chi connectivity index (χ1v) is 22.9. The molecule has 3 unspecified atom stereocenters. The molecule has 0 rings (SSSR count). The van der Waals surface area contributed by atoms with Crippen LogP contribution in [0, 0.1) is 0 Å². The van der Waals surface area contributed by atoms with E-state index in [1.165, 1.54) is 103 Å². The molecule has 0 aromatic carbocycles. The van der Waals surface area contributed by atoms with Crippen LogP contribution in [0.3, 0.4) is 0 Å². The molecule has 0 aliphatic heterocycles. The molecule has 0 aliphatic rings. The number of unbranched alkanes of at least 4 members (excludes halogenated alkanes) is 23. The topological polar surface area (TPSA) is 95.9 Å². The molecule has 0 spiro atoms. The van der Waals surface area contributed by atoms with Crippen molar-refractivity contribution in [3.8, 4) is 0 Å². The van der Waals surface area contributed by atoms with Gasteiger partial charge in [-0.1, -0.05) is 211 Å². The van der Waals surface area contributed by atoms with Crippen molar-refractivity contribution in [2.45, 2.75) is 238 Å². The van der Waals surface area contributed by atoms with Crippen LogP contribution in [-0.4, -0.2) is 46.9 Å². The van der Waals surface area contributed by atoms with Crippen molar-refractivity contribution in [1.82, 2.24) is 5.32 Å². The van der Waals surface area contributed by atoms with Gasteiger partial charge in [0.1, 0.15) is 6.10 Å². The van der Waals surface area contributed by atoms with Crippen molar-refractivity contribution < 1.29 is 24.5 Å². The Labute approximate surface area is 334 Å². The third-order valence-electron chi connectivity index (χ3n) is 10.3. The van der Waals surface area contributed by atoms with Gasteiger partial charge in [-0.3, -0.25) is 9.59 Å². The van der Waals surface area contributed by atoms with E-state index < -0.39 is 18.2 Å². The van der Waals surface area contributed by atoms with E-state index in [0.29, 0.717) is 19.3 Å². The van der Waals surface area contributed by atoms with E-state index in [0.717, 1.165) is 70.6 Å². The third kappa shape index (κ3) is 36.8. The van der Waals surface area contributed by atoms with Crippen molar-refractivity contribution in [3.05, 3.63) is 48.6 Å². The molecular weight excluding hydrogens is 671 g/mol. The van der Waals surface area contributed by atoms with Gasteiger partial charge < -0.3 is 20.3 Å². The van der Waals surface area contributed by atoms with Crippen molar-refractivity contribution in [1.29, 1.82) is 0 Å². The summed E-state index contributed by atoms with van der Waals surface area (Å²) < 4.78 is 5.88. The lowest BCUT2D eigenvalue weighted by molar-refractivity contribution is -0.151. The predicted molar refractivity (Wildman–Crippen MR) is 232 cm³/mol. The second-order valence-electron chi connectivity index (χ2n) is 15.5. The van der Waals surface area contributed by atoms with Crippen LogP contribution in [0.5, 0.6) is 0 Å². The summed E-state index contributed by atoms with van der Waals surface area (Å²) in [4.78, 5) is 26.0. The number of hydrogen-bond acceptors (Lipinski definition) is 5. The van der Waals surface area contributed by atoms with Gasteiger partial charge in [0.15, 0.2) is 0 Å². The van der Waals surface area contributed by atoms with Crippen molar-refractivity contribution >= 4 is 11.9 Å². The molecule has 0 bridgehead atoms. The Morgan fingerprint density at radius 3 is 1.52 bits per heavy atom. The van der Waals surface area contributed by atoms with Crippen LogP contribution in [-0.2, 0) is 14.3 Å². The van der Waals surface area contributed by atoms with E-state index in [1.807, 2.05) is 24.3 Å². The van der Waals surface area contributed by atoms with Gasteiger partial charge in [0, 0.05) is 6.42 Å². The Hall–Kier alpha value is -2.18. The number of esters is 1. The molecule has 0 saturated heterocycles. The molecule has 0 saturated carbocycles. The Kier molecular flexibility index (Phi) is 40.3. The van der Waals surface area contributed by atoms with Crippen LogP contribution in [0.1, 0.15) is 220 Å². The van der Waals surface area contributed by atoms with Crippen LogP contribution >= 0.6 is 0 Å². The molecule has 0 aromatic heterocycles. The highest BCUT2D eigenvalue weighted by Gasteiger charge is 2.24. The van der Waals surface area contributed by atoms with Gasteiger partial charge in [-0.25, -0.2) is 0 Å². The van der Waals surface area contributed by atoms with Gasteiger partial charge in [-0.15, -0.1) is 0 Å². The standard InChI is InChI=1S/C48H87NO5/c1-4-7-10-13-16-19-22-23-26-27-30-33-36-39-44(54-48(53)41-38-35-32-29-25-21-18-15-12-9-6-3)42-47(52)49-45(43-50)46(51)40-37-34-31-28-24-20-17-14-11-8-5-2/h7,10,13,16,19,22-23,26,44-46,50-51H,4-6,8-9,11-12,14-15,17-18,20-21,24-25,27-43H2,1-3H3,(H,49,52)/b10-7+,16-13+,22-19+,26-23-.